The number of hydrogen-bond acceptors (Lipinski definition) is 1. The zero-order chi connectivity index (χ0) is 19.9. The molecule has 4 heteroatoms. The number of alkyl halides is 1. The molecule has 3 rings (SSSR count). The van der Waals surface area contributed by atoms with Crippen LogP contribution < -0.4 is 0 Å². The van der Waals surface area contributed by atoms with Crippen molar-refractivity contribution in [3.05, 3.63) is 47.0 Å². The monoisotopic (exact) mass is 389 g/mol. The highest BCUT2D eigenvalue weighted by atomic mass is 19.1. The molecule has 28 heavy (non-hydrogen) atoms. The summed E-state index contributed by atoms with van der Waals surface area (Å²) in [7, 11) is 0. The summed E-state index contributed by atoms with van der Waals surface area (Å²) in [5.74, 6) is 0.862. The first-order valence-corrected chi connectivity index (χ1v) is 10.7. The van der Waals surface area contributed by atoms with E-state index in [0.717, 1.165) is 43.9 Å². The lowest BCUT2D eigenvalue weighted by molar-refractivity contribution is 0.171. The summed E-state index contributed by atoms with van der Waals surface area (Å²) >= 11 is 0. The van der Waals surface area contributed by atoms with E-state index in [9.17, 15) is 13.2 Å². The first-order chi connectivity index (χ1) is 13.6. The molecule has 0 aromatic heterocycles. The molecule has 0 spiro atoms. The van der Waals surface area contributed by atoms with Gasteiger partial charge in [0.05, 0.1) is 6.67 Å². The number of allylic oxidation sites excluding steroid dienone is 2. The fourth-order valence-corrected chi connectivity index (χ4v) is 5.15. The predicted molar refractivity (Wildman–Crippen MR) is 106 cm³/mol. The molecule has 2 fully saturated rings. The third kappa shape index (κ3) is 5.19. The summed E-state index contributed by atoms with van der Waals surface area (Å²) in [4.78, 5) is 0. The Labute approximate surface area is 166 Å². The van der Waals surface area contributed by atoms with Crippen LogP contribution in [0.2, 0.25) is 0 Å². The fourth-order valence-electron chi connectivity index (χ4n) is 5.15. The van der Waals surface area contributed by atoms with Crippen molar-refractivity contribution in [1.82, 2.24) is 0 Å². The van der Waals surface area contributed by atoms with E-state index < -0.39 is 17.2 Å². The normalized spacial score (nSPS) is 28.4. The smallest absolute Gasteiger partial charge is 0.144 e. The van der Waals surface area contributed by atoms with E-state index >= 15 is 0 Å². The first-order valence-electron chi connectivity index (χ1n) is 10.7. The van der Waals surface area contributed by atoms with Gasteiger partial charge in [0.2, 0.25) is 0 Å². The van der Waals surface area contributed by atoms with E-state index in [1.165, 1.54) is 37.8 Å². The predicted octanol–water partition coefficient (Wildman–Crippen LogP) is 7.22. The summed E-state index contributed by atoms with van der Waals surface area (Å²) in [5, 5.41) is 8.82. The van der Waals surface area contributed by atoms with Gasteiger partial charge in [-0.1, -0.05) is 12.2 Å². The minimum atomic E-state index is -0.738. The maximum Gasteiger partial charge on any atom is 0.144 e. The summed E-state index contributed by atoms with van der Waals surface area (Å²) in [6.45, 7) is -0.235. The minimum Gasteiger partial charge on any atom is -0.251 e. The van der Waals surface area contributed by atoms with Crippen LogP contribution >= 0.6 is 0 Å². The molecule has 0 bridgehead atoms. The van der Waals surface area contributed by atoms with Gasteiger partial charge in [0, 0.05) is 0 Å². The largest absolute Gasteiger partial charge is 0.251 e. The van der Waals surface area contributed by atoms with Crippen LogP contribution in [0.15, 0.2) is 24.3 Å². The van der Waals surface area contributed by atoms with Crippen molar-refractivity contribution < 1.29 is 13.2 Å². The number of unbranched alkanes of at least 4 members (excludes halogenated alkanes) is 1. The van der Waals surface area contributed by atoms with Crippen LogP contribution in [0.4, 0.5) is 13.2 Å². The zero-order valence-electron chi connectivity index (χ0n) is 16.5. The Hall–Kier alpha value is -1.76. The van der Waals surface area contributed by atoms with Crippen LogP contribution in [0.3, 0.4) is 0 Å². The number of nitrogens with zero attached hydrogens (tertiary/aromatic N) is 1. The van der Waals surface area contributed by atoms with E-state index in [-0.39, 0.29) is 12.6 Å². The topological polar surface area (TPSA) is 23.8 Å². The van der Waals surface area contributed by atoms with Gasteiger partial charge in [-0.05, 0) is 106 Å². The Balaban J connectivity index is 1.47. The van der Waals surface area contributed by atoms with Gasteiger partial charge in [-0.2, -0.15) is 5.26 Å². The molecule has 152 valence electrons. The highest BCUT2D eigenvalue weighted by Crippen LogP contribution is 2.44. The molecule has 0 heterocycles. The van der Waals surface area contributed by atoms with Crippen molar-refractivity contribution in [1.29, 1.82) is 5.26 Å². The quantitative estimate of drug-likeness (QED) is 0.372. The Morgan fingerprint density at radius 2 is 1.50 bits per heavy atom. The van der Waals surface area contributed by atoms with Crippen LogP contribution in [-0.4, -0.2) is 6.67 Å². The Bertz CT molecular complexity index is 682. The number of halogens is 3. The maximum atomic E-state index is 13.9. The summed E-state index contributed by atoms with van der Waals surface area (Å²) in [6, 6.07) is 4.30. The van der Waals surface area contributed by atoms with Crippen LogP contribution in [0.1, 0.15) is 81.3 Å². The molecule has 0 aliphatic heterocycles. The van der Waals surface area contributed by atoms with Gasteiger partial charge >= 0.3 is 0 Å². The van der Waals surface area contributed by atoms with Crippen molar-refractivity contribution in [2.75, 3.05) is 6.67 Å². The molecule has 0 amide bonds. The van der Waals surface area contributed by atoms with Crippen molar-refractivity contribution in [3.63, 3.8) is 0 Å². The first kappa shape index (κ1) is 21.0. The zero-order valence-corrected chi connectivity index (χ0v) is 16.5. The van der Waals surface area contributed by atoms with Gasteiger partial charge in [0.1, 0.15) is 23.3 Å². The van der Waals surface area contributed by atoms with Gasteiger partial charge in [-0.3, -0.25) is 4.39 Å². The van der Waals surface area contributed by atoms with Crippen molar-refractivity contribution in [3.8, 4) is 6.07 Å². The molecule has 0 unspecified atom stereocenters. The average molecular weight is 390 g/mol. The summed E-state index contributed by atoms with van der Waals surface area (Å²) in [5.41, 5.74) is 0.225. The third-order valence-corrected chi connectivity index (χ3v) is 6.82. The Morgan fingerprint density at radius 1 is 0.929 bits per heavy atom. The number of nitriles is 1. The highest BCUT2D eigenvalue weighted by molar-refractivity contribution is 5.36. The lowest BCUT2D eigenvalue weighted by Crippen LogP contribution is -2.25. The van der Waals surface area contributed by atoms with E-state index in [0.29, 0.717) is 17.9 Å². The van der Waals surface area contributed by atoms with Crippen LogP contribution in [-0.2, 0) is 0 Å². The van der Waals surface area contributed by atoms with Crippen LogP contribution in [0.5, 0.6) is 0 Å². The van der Waals surface area contributed by atoms with Gasteiger partial charge in [0.25, 0.3) is 0 Å². The molecule has 0 radical (unpaired) electrons. The maximum absolute atomic E-state index is 13.9. The van der Waals surface area contributed by atoms with Crippen LogP contribution in [0, 0.1) is 40.7 Å². The van der Waals surface area contributed by atoms with Gasteiger partial charge in [0.15, 0.2) is 0 Å². The number of benzene rings is 1. The second kappa shape index (κ2) is 10.1. The minimum absolute atomic E-state index is 0.197. The average Bonchev–Trinajstić information content (AvgIpc) is 2.72. The molecule has 1 aromatic rings. The van der Waals surface area contributed by atoms with E-state index in [4.69, 9.17) is 5.26 Å². The molecule has 2 aliphatic rings. The van der Waals surface area contributed by atoms with Crippen molar-refractivity contribution >= 4 is 0 Å². The van der Waals surface area contributed by atoms with E-state index in [1.807, 2.05) is 0 Å². The second-order valence-electron chi connectivity index (χ2n) is 8.52. The number of rotatable bonds is 6. The Morgan fingerprint density at radius 3 is 2.04 bits per heavy atom. The molecule has 2 aliphatic carbocycles. The molecule has 0 N–H and O–H groups in total. The molecule has 1 nitrogen and oxygen atoms in total. The van der Waals surface area contributed by atoms with Gasteiger partial charge in [-0.15, -0.1) is 0 Å². The summed E-state index contributed by atoms with van der Waals surface area (Å²) < 4.78 is 40.0. The van der Waals surface area contributed by atoms with E-state index in [2.05, 4.69) is 12.2 Å². The number of hydrogen-bond donors (Lipinski definition) is 0. The molecule has 2 saturated carbocycles. The standard InChI is InChI=1S/C24H30F3N/c25-13-3-1-2-4-17-5-7-18(8-6-17)19-9-11-20(12-10-19)21-14-23(26)22(16-28)24(27)15-21/h2,4,14-15,17-20H,1,3,5-13H2/t17-,18-,19-,20-. The van der Waals surface area contributed by atoms with Crippen molar-refractivity contribution in [2.45, 2.75) is 70.1 Å². The lowest BCUT2D eigenvalue weighted by Gasteiger charge is -2.37. The molecule has 0 atom stereocenters. The van der Waals surface area contributed by atoms with Crippen molar-refractivity contribution in [2.24, 2.45) is 17.8 Å². The van der Waals surface area contributed by atoms with Gasteiger partial charge in [-0.25, -0.2) is 8.78 Å². The fraction of sp³-hybridized carbons (Fsp3) is 0.625. The molecular weight excluding hydrogens is 359 g/mol. The molecule has 1 aromatic carbocycles. The lowest BCUT2D eigenvalue weighted by atomic mass is 9.68. The van der Waals surface area contributed by atoms with Gasteiger partial charge < -0.3 is 0 Å². The second-order valence-corrected chi connectivity index (χ2v) is 8.52. The summed E-state index contributed by atoms with van der Waals surface area (Å²) in [6.07, 6.45) is 15.1. The highest BCUT2D eigenvalue weighted by Gasteiger charge is 2.31. The Kier molecular flexibility index (Phi) is 7.59. The van der Waals surface area contributed by atoms with E-state index in [1.54, 1.807) is 6.07 Å². The molecule has 0 saturated heterocycles. The van der Waals surface area contributed by atoms with Crippen LogP contribution in [0.25, 0.3) is 0 Å². The SMILES string of the molecule is N#Cc1c(F)cc([C@H]2CC[C@H]([C@H]3CC[C@H](C=CCCCF)CC3)CC2)cc1F. The molecular formula is C24H30F3N. The third-order valence-electron chi connectivity index (χ3n) is 6.82.